The minimum atomic E-state index is -1.14. The number of hydrogen-bond acceptors (Lipinski definition) is 5. The first-order valence-corrected chi connectivity index (χ1v) is 7.04. The maximum absolute atomic E-state index is 12.5. The summed E-state index contributed by atoms with van der Waals surface area (Å²) in [6.07, 6.45) is 3.03. The number of imide groups is 2. The van der Waals surface area contributed by atoms with Gasteiger partial charge in [0.15, 0.2) is 5.92 Å². The van der Waals surface area contributed by atoms with E-state index in [0.717, 1.165) is 4.90 Å². The molecule has 4 N–H and O–H groups in total. The van der Waals surface area contributed by atoms with Crippen LogP contribution in [0.25, 0.3) is 0 Å². The molecule has 0 spiro atoms. The molecule has 1 aromatic rings. The van der Waals surface area contributed by atoms with Crippen LogP contribution in [-0.4, -0.2) is 29.3 Å². The molecule has 2 rings (SSSR count). The van der Waals surface area contributed by atoms with Crippen LogP contribution in [0.1, 0.15) is 6.92 Å². The number of urea groups is 1. The number of benzene rings is 1. The van der Waals surface area contributed by atoms with Crippen molar-refractivity contribution in [3.8, 4) is 0 Å². The van der Waals surface area contributed by atoms with E-state index in [1.807, 2.05) is 0 Å². The number of hydrogen-bond donors (Lipinski definition) is 3. The Kier molecular flexibility index (Phi) is 4.80. The molecule has 0 aromatic heterocycles. The quantitative estimate of drug-likeness (QED) is 0.433. The molecule has 0 saturated carbocycles. The van der Waals surface area contributed by atoms with Crippen molar-refractivity contribution < 1.29 is 14.4 Å². The van der Waals surface area contributed by atoms with Gasteiger partial charge in [0.05, 0.1) is 11.4 Å². The fourth-order valence-electron chi connectivity index (χ4n) is 2.27. The zero-order chi connectivity index (χ0) is 17.0. The molecule has 0 aliphatic carbocycles. The number of amides is 4. The number of nitrogen functional groups attached to an aromatic ring is 1. The highest BCUT2D eigenvalue weighted by molar-refractivity contribution is 6.18. The van der Waals surface area contributed by atoms with Gasteiger partial charge in [0.2, 0.25) is 11.8 Å². The third-order valence-corrected chi connectivity index (χ3v) is 3.42. The molecular weight excluding hydrogens is 296 g/mol. The van der Waals surface area contributed by atoms with Gasteiger partial charge in [-0.3, -0.25) is 19.8 Å². The van der Waals surface area contributed by atoms with E-state index in [-0.39, 0.29) is 6.54 Å². The van der Waals surface area contributed by atoms with E-state index in [1.165, 1.54) is 6.08 Å². The van der Waals surface area contributed by atoms with Gasteiger partial charge < -0.3 is 11.1 Å². The molecule has 1 aliphatic rings. The molecule has 23 heavy (non-hydrogen) atoms. The van der Waals surface area contributed by atoms with Crippen molar-refractivity contribution >= 4 is 29.2 Å². The number of carbonyl (C=O) groups is 3. The van der Waals surface area contributed by atoms with E-state index in [1.54, 1.807) is 37.3 Å². The van der Waals surface area contributed by atoms with E-state index in [9.17, 15) is 14.4 Å². The molecule has 1 heterocycles. The molecule has 1 aliphatic heterocycles. The standard InChI is InChI=1S/C16H18N4O3/c1-3-9-20-15(22)13(14(21)19-16(20)23)11(4-2)18-12-8-6-5-7-10(12)17/h3-8,13,18H,1,9,17H2,2H3,(H,19,21,23)/b11-4+/t13-/m1/s1. The summed E-state index contributed by atoms with van der Waals surface area (Å²) < 4.78 is 0. The molecule has 1 atom stereocenters. The lowest BCUT2D eigenvalue weighted by Crippen LogP contribution is -2.58. The first-order chi connectivity index (χ1) is 11.0. The van der Waals surface area contributed by atoms with Crippen LogP contribution >= 0.6 is 0 Å². The summed E-state index contributed by atoms with van der Waals surface area (Å²) in [6, 6.07) is 6.25. The first-order valence-electron chi connectivity index (χ1n) is 7.04. The number of allylic oxidation sites excluding steroid dienone is 1. The molecule has 1 aromatic carbocycles. The molecule has 7 nitrogen and oxygen atoms in total. The zero-order valence-corrected chi connectivity index (χ0v) is 12.7. The van der Waals surface area contributed by atoms with Gasteiger partial charge in [0, 0.05) is 12.2 Å². The fraction of sp³-hybridized carbons (Fsp3) is 0.188. The number of barbiturate groups is 1. The summed E-state index contributed by atoms with van der Waals surface area (Å²) >= 11 is 0. The van der Waals surface area contributed by atoms with E-state index >= 15 is 0 Å². The van der Waals surface area contributed by atoms with Crippen molar-refractivity contribution in [2.75, 3.05) is 17.6 Å². The summed E-state index contributed by atoms with van der Waals surface area (Å²) in [4.78, 5) is 37.3. The van der Waals surface area contributed by atoms with Crippen molar-refractivity contribution in [1.29, 1.82) is 0 Å². The van der Waals surface area contributed by atoms with Crippen molar-refractivity contribution in [3.05, 3.63) is 48.7 Å². The molecule has 120 valence electrons. The van der Waals surface area contributed by atoms with Crippen LogP contribution in [0.5, 0.6) is 0 Å². The zero-order valence-electron chi connectivity index (χ0n) is 12.7. The second kappa shape index (κ2) is 6.78. The van der Waals surface area contributed by atoms with Gasteiger partial charge in [0.25, 0.3) is 0 Å². The van der Waals surface area contributed by atoms with Crippen LogP contribution in [0.3, 0.4) is 0 Å². The summed E-state index contributed by atoms with van der Waals surface area (Å²) in [5.41, 5.74) is 7.28. The average Bonchev–Trinajstić information content (AvgIpc) is 2.52. The monoisotopic (exact) mass is 314 g/mol. The van der Waals surface area contributed by atoms with Gasteiger partial charge in [0.1, 0.15) is 0 Å². The van der Waals surface area contributed by atoms with Crippen LogP contribution in [0, 0.1) is 5.92 Å². The van der Waals surface area contributed by atoms with E-state index in [4.69, 9.17) is 5.73 Å². The molecule has 1 saturated heterocycles. The van der Waals surface area contributed by atoms with Crippen LogP contribution in [0.2, 0.25) is 0 Å². The average molecular weight is 314 g/mol. The summed E-state index contributed by atoms with van der Waals surface area (Å²) in [6.45, 7) is 5.22. The summed E-state index contributed by atoms with van der Waals surface area (Å²) in [5.74, 6) is -2.42. The number of para-hydroxylation sites is 2. The largest absolute Gasteiger partial charge is 0.397 e. The highest BCUT2D eigenvalue weighted by atomic mass is 16.2. The number of carbonyl (C=O) groups excluding carboxylic acids is 3. The van der Waals surface area contributed by atoms with E-state index < -0.39 is 23.8 Å². The van der Waals surface area contributed by atoms with Crippen LogP contribution in [0.15, 0.2) is 48.7 Å². The Morgan fingerprint density at radius 3 is 2.70 bits per heavy atom. The Balaban J connectivity index is 2.31. The summed E-state index contributed by atoms with van der Waals surface area (Å²) in [5, 5.41) is 5.17. The predicted molar refractivity (Wildman–Crippen MR) is 87.2 cm³/mol. The molecular formula is C16H18N4O3. The third-order valence-electron chi connectivity index (χ3n) is 3.42. The lowest BCUT2D eigenvalue weighted by atomic mass is 9.99. The maximum atomic E-state index is 12.5. The van der Waals surface area contributed by atoms with Crippen molar-refractivity contribution in [2.45, 2.75) is 6.92 Å². The van der Waals surface area contributed by atoms with Crippen LogP contribution in [0.4, 0.5) is 16.2 Å². The third kappa shape index (κ3) is 3.23. The minimum absolute atomic E-state index is 0.0267. The topological polar surface area (TPSA) is 105 Å². The van der Waals surface area contributed by atoms with Crippen LogP contribution < -0.4 is 16.4 Å². The molecule has 7 heteroatoms. The molecule has 0 bridgehead atoms. The SMILES string of the molecule is C=CCN1C(=O)NC(=O)[C@@H](/C(=C\C)Nc2ccccc2N)C1=O. The van der Waals surface area contributed by atoms with Crippen molar-refractivity contribution in [1.82, 2.24) is 10.2 Å². The molecule has 0 radical (unpaired) electrons. The van der Waals surface area contributed by atoms with Gasteiger partial charge in [-0.1, -0.05) is 24.3 Å². The van der Waals surface area contributed by atoms with Gasteiger partial charge in [-0.25, -0.2) is 4.79 Å². The Morgan fingerprint density at radius 1 is 1.39 bits per heavy atom. The lowest BCUT2D eigenvalue weighted by molar-refractivity contribution is -0.140. The molecule has 4 amide bonds. The van der Waals surface area contributed by atoms with Crippen LogP contribution in [-0.2, 0) is 9.59 Å². The number of nitrogens with one attached hydrogen (secondary N) is 2. The Bertz CT molecular complexity index is 696. The van der Waals surface area contributed by atoms with E-state index in [0.29, 0.717) is 17.1 Å². The number of nitrogens with two attached hydrogens (primary N) is 1. The van der Waals surface area contributed by atoms with Crippen molar-refractivity contribution in [3.63, 3.8) is 0 Å². The summed E-state index contributed by atoms with van der Waals surface area (Å²) in [7, 11) is 0. The molecule has 0 unspecified atom stereocenters. The highest BCUT2D eigenvalue weighted by Crippen LogP contribution is 2.25. The second-order valence-corrected chi connectivity index (χ2v) is 4.92. The van der Waals surface area contributed by atoms with E-state index in [2.05, 4.69) is 17.2 Å². The number of rotatable bonds is 5. The maximum Gasteiger partial charge on any atom is 0.331 e. The normalized spacial score (nSPS) is 18.7. The Labute approximate surface area is 133 Å². The van der Waals surface area contributed by atoms with Crippen molar-refractivity contribution in [2.24, 2.45) is 5.92 Å². The highest BCUT2D eigenvalue weighted by Gasteiger charge is 2.42. The predicted octanol–water partition coefficient (Wildman–Crippen LogP) is 1.47. The smallest absolute Gasteiger partial charge is 0.331 e. The second-order valence-electron chi connectivity index (χ2n) is 4.92. The van der Waals surface area contributed by atoms with Gasteiger partial charge in [-0.05, 0) is 19.1 Å². The fourth-order valence-corrected chi connectivity index (χ4v) is 2.27. The van der Waals surface area contributed by atoms with Gasteiger partial charge >= 0.3 is 6.03 Å². The van der Waals surface area contributed by atoms with Gasteiger partial charge in [-0.2, -0.15) is 0 Å². The Hall–Kier alpha value is -3.09. The lowest BCUT2D eigenvalue weighted by Gasteiger charge is -2.31. The minimum Gasteiger partial charge on any atom is -0.397 e. The van der Waals surface area contributed by atoms with Gasteiger partial charge in [-0.15, -0.1) is 6.58 Å². The molecule has 1 fully saturated rings. The Morgan fingerprint density at radius 2 is 2.09 bits per heavy atom. The number of nitrogens with zero attached hydrogens (tertiary/aromatic N) is 1. The number of anilines is 2. The first kappa shape index (κ1) is 16.3.